The van der Waals surface area contributed by atoms with Crippen LogP contribution in [0.15, 0.2) is 41.8 Å². The van der Waals surface area contributed by atoms with Gasteiger partial charge in [-0.3, -0.25) is 14.7 Å². The molecule has 1 amide bonds. The van der Waals surface area contributed by atoms with E-state index in [0.717, 1.165) is 61.2 Å². The highest BCUT2D eigenvalue weighted by Gasteiger charge is 2.30. The fraction of sp³-hybridized carbons (Fsp3) is 0.391. The lowest BCUT2D eigenvalue weighted by atomic mass is 9.98. The van der Waals surface area contributed by atoms with Crippen molar-refractivity contribution < 1.29 is 4.79 Å². The van der Waals surface area contributed by atoms with Crippen LogP contribution in [0.5, 0.6) is 0 Å². The molecule has 0 atom stereocenters. The number of hydrogen-bond acceptors (Lipinski definition) is 4. The highest BCUT2D eigenvalue weighted by atomic mass is 32.1. The number of benzene rings is 1. The molecule has 28 heavy (non-hydrogen) atoms. The average Bonchev–Trinajstić information content (AvgIpc) is 3.21. The van der Waals surface area contributed by atoms with Crippen LogP contribution in [-0.2, 0) is 13.0 Å². The molecule has 0 bridgehead atoms. The van der Waals surface area contributed by atoms with Crippen molar-refractivity contribution in [3.05, 3.63) is 63.5 Å². The molecule has 0 saturated carbocycles. The highest BCUT2D eigenvalue weighted by molar-refractivity contribution is 7.10. The molecule has 1 saturated heterocycles. The maximum atomic E-state index is 13.2. The summed E-state index contributed by atoms with van der Waals surface area (Å²) in [6.07, 6.45) is 3.29. The van der Waals surface area contributed by atoms with Crippen LogP contribution in [0, 0.1) is 6.92 Å². The predicted molar refractivity (Wildman–Crippen MR) is 114 cm³/mol. The third-order valence-corrected chi connectivity index (χ3v) is 7.22. The second-order valence-electron chi connectivity index (χ2n) is 7.94. The minimum atomic E-state index is 0.126. The van der Waals surface area contributed by atoms with E-state index in [4.69, 9.17) is 0 Å². The Balaban J connectivity index is 1.28. The number of pyridine rings is 1. The zero-order valence-electron chi connectivity index (χ0n) is 16.2. The van der Waals surface area contributed by atoms with Crippen LogP contribution in [0.3, 0.4) is 0 Å². The van der Waals surface area contributed by atoms with Gasteiger partial charge in [0.25, 0.3) is 5.91 Å². The number of hydrogen-bond donors (Lipinski definition) is 0. The molecule has 1 fully saturated rings. The maximum Gasteiger partial charge on any atom is 0.256 e. The molecule has 3 aromatic rings. The molecule has 5 rings (SSSR count). The first-order valence-corrected chi connectivity index (χ1v) is 11.0. The molecular formula is C23H25N3OS. The topological polar surface area (TPSA) is 36.4 Å². The standard InChI is InChI=1S/C23H25N3OS/c1-16-5-6-17-3-2-4-20(22(17)24-16)23(27)25-11-7-19(8-12-25)26-13-9-21-18(15-26)10-14-28-21/h2-6,10,14,19H,7-9,11-13,15H2,1H3. The van der Waals surface area contributed by atoms with E-state index in [0.29, 0.717) is 6.04 Å². The smallest absolute Gasteiger partial charge is 0.256 e. The summed E-state index contributed by atoms with van der Waals surface area (Å²) >= 11 is 1.89. The lowest BCUT2D eigenvalue weighted by Gasteiger charge is -2.40. The number of carbonyl (C=O) groups is 1. The zero-order valence-corrected chi connectivity index (χ0v) is 17.0. The monoisotopic (exact) mass is 391 g/mol. The van der Waals surface area contributed by atoms with E-state index in [1.165, 1.54) is 12.0 Å². The Morgan fingerprint density at radius 1 is 1.11 bits per heavy atom. The number of amides is 1. The van der Waals surface area contributed by atoms with Gasteiger partial charge in [-0.25, -0.2) is 0 Å². The Labute approximate surface area is 169 Å². The molecule has 2 aliphatic rings. The summed E-state index contributed by atoms with van der Waals surface area (Å²) in [7, 11) is 0. The predicted octanol–water partition coefficient (Wildman–Crippen LogP) is 4.27. The van der Waals surface area contributed by atoms with E-state index in [1.807, 2.05) is 47.4 Å². The molecule has 2 aromatic heterocycles. The van der Waals surface area contributed by atoms with E-state index in [9.17, 15) is 4.79 Å². The van der Waals surface area contributed by atoms with Crippen LogP contribution in [0.1, 0.15) is 39.3 Å². The van der Waals surface area contributed by atoms with Gasteiger partial charge in [-0.15, -0.1) is 11.3 Å². The Morgan fingerprint density at radius 3 is 2.82 bits per heavy atom. The lowest BCUT2D eigenvalue weighted by Crippen LogP contribution is -2.48. The normalized spacial score (nSPS) is 18.4. The minimum Gasteiger partial charge on any atom is -0.338 e. The van der Waals surface area contributed by atoms with Crippen molar-refractivity contribution >= 4 is 28.1 Å². The van der Waals surface area contributed by atoms with Gasteiger partial charge >= 0.3 is 0 Å². The third-order valence-electron chi connectivity index (χ3n) is 6.20. The van der Waals surface area contributed by atoms with Crippen molar-refractivity contribution in [2.75, 3.05) is 19.6 Å². The van der Waals surface area contributed by atoms with E-state index >= 15 is 0 Å². The summed E-state index contributed by atoms with van der Waals surface area (Å²) in [6.45, 7) is 5.86. The van der Waals surface area contributed by atoms with E-state index in [-0.39, 0.29) is 5.91 Å². The number of likely N-dealkylation sites (tertiary alicyclic amines) is 1. The summed E-state index contributed by atoms with van der Waals surface area (Å²) in [5.74, 6) is 0.126. The fourth-order valence-electron chi connectivity index (χ4n) is 4.60. The van der Waals surface area contributed by atoms with Gasteiger partial charge in [-0.05, 0) is 55.3 Å². The molecule has 0 N–H and O–H groups in total. The van der Waals surface area contributed by atoms with Gasteiger partial charge in [0, 0.05) is 48.2 Å². The van der Waals surface area contributed by atoms with Gasteiger partial charge in [-0.2, -0.15) is 0 Å². The summed E-state index contributed by atoms with van der Waals surface area (Å²) in [5, 5.41) is 3.25. The minimum absolute atomic E-state index is 0.126. The van der Waals surface area contributed by atoms with Gasteiger partial charge in [0.05, 0.1) is 11.1 Å². The van der Waals surface area contributed by atoms with Crippen LogP contribution >= 0.6 is 11.3 Å². The number of carbonyl (C=O) groups excluding carboxylic acids is 1. The molecule has 144 valence electrons. The van der Waals surface area contributed by atoms with Crippen molar-refractivity contribution in [2.24, 2.45) is 0 Å². The first-order chi connectivity index (χ1) is 13.7. The summed E-state index contributed by atoms with van der Waals surface area (Å²) in [5.41, 5.74) is 4.02. The molecule has 4 nitrogen and oxygen atoms in total. The molecule has 2 aliphatic heterocycles. The van der Waals surface area contributed by atoms with Crippen molar-refractivity contribution in [1.82, 2.24) is 14.8 Å². The van der Waals surface area contributed by atoms with Gasteiger partial charge in [-0.1, -0.05) is 18.2 Å². The highest BCUT2D eigenvalue weighted by Crippen LogP contribution is 2.29. The average molecular weight is 392 g/mol. The van der Waals surface area contributed by atoms with Crippen LogP contribution in [0.2, 0.25) is 0 Å². The number of fused-ring (bicyclic) bond motifs is 2. The maximum absolute atomic E-state index is 13.2. The van der Waals surface area contributed by atoms with Crippen molar-refractivity contribution in [3.63, 3.8) is 0 Å². The zero-order chi connectivity index (χ0) is 19.1. The van der Waals surface area contributed by atoms with Crippen LogP contribution in [0.25, 0.3) is 10.9 Å². The number of rotatable bonds is 2. The molecular weight excluding hydrogens is 366 g/mol. The van der Waals surface area contributed by atoms with E-state index in [1.54, 1.807) is 4.88 Å². The SMILES string of the molecule is Cc1ccc2cccc(C(=O)N3CCC(N4CCc5sccc5C4)CC3)c2n1. The van der Waals surface area contributed by atoms with Crippen molar-refractivity contribution in [1.29, 1.82) is 0 Å². The molecule has 1 aromatic carbocycles. The van der Waals surface area contributed by atoms with E-state index in [2.05, 4.69) is 27.4 Å². The Morgan fingerprint density at radius 2 is 1.96 bits per heavy atom. The number of aromatic nitrogens is 1. The Hall–Kier alpha value is -2.24. The molecule has 0 unspecified atom stereocenters. The number of nitrogens with zero attached hydrogens (tertiary/aromatic N) is 3. The number of piperidine rings is 1. The molecule has 0 radical (unpaired) electrons. The molecule has 0 aliphatic carbocycles. The largest absolute Gasteiger partial charge is 0.338 e. The number of thiophene rings is 1. The molecule has 0 spiro atoms. The first kappa shape index (κ1) is 17.8. The number of para-hydroxylation sites is 1. The van der Waals surface area contributed by atoms with Crippen LogP contribution in [0.4, 0.5) is 0 Å². The lowest BCUT2D eigenvalue weighted by molar-refractivity contribution is 0.0602. The second-order valence-corrected chi connectivity index (χ2v) is 8.94. The quantitative estimate of drug-likeness (QED) is 0.655. The molecule has 4 heterocycles. The van der Waals surface area contributed by atoms with Crippen LogP contribution < -0.4 is 0 Å². The summed E-state index contributed by atoms with van der Waals surface area (Å²) in [4.78, 5) is 24.1. The van der Waals surface area contributed by atoms with Gasteiger partial charge < -0.3 is 4.90 Å². The van der Waals surface area contributed by atoms with Gasteiger partial charge in [0.15, 0.2) is 0 Å². The molecule has 5 heteroatoms. The summed E-state index contributed by atoms with van der Waals surface area (Å²) < 4.78 is 0. The Bertz CT molecular complexity index is 1020. The Kier molecular flexibility index (Phi) is 4.65. The van der Waals surface area contributed by atoms with Gasteiger partial charge in [0.2, 0.25) is 0 Å². The third kappa shape index (κ3) is 3.23. The van der Waals surface area contributed by atoms with Crippen molar-refractivity contribution in [3.8, 4) is 0 Å². The van der Waals surface area contributed by atoms with Crippen molar-refractivity contribution in [2.45, 2.75) is 38.8 Å². The fourth-order valence-corrected chi connectivity index (χ4v) is 5.49. The van der Waals surface area contributed by atoms with Crippen LogP contribution in [-0.4, -0.2) is 46.4 Å². The number of aryl methyl sites for hydroxylation is 1. The first-order valence-electron chi connectivity index (χ1n) is 10.1. The second kappa shape index (κ2) is 7.30. The summed E-state index contributed by atoms with van der Waals surface area (Å²) in [6, 6.07) is 12.8. The van der Waals surface area contributed by atoms with Gasteiger partial charge in [0.1, 0.15) is 0 Å². The van der Waals surface area contributed by atoms with E-state index < -0.39 is 0 Å².